The average Bonchev–Trinajstić information content (AvgIpc) is 3.86. The third kappa shape index (κ3) is 5.84. The monoisotopic (exact) mass is 845 g/mol. The zero-order valence-corrected chi connectivity index (χ0v) is 37.0. The predicted octanol–water partition coefficient (Wildman–Crippen LogP) is 18.3. The minimum Gasteiger partial charge on any atom is -0.308 e. The predicted molar refractivity (Wildman–Crippen MR) is 280 cm³/mol. The van der Waals surface area contributed by atoms with Gasteiger partial charge in [-0.25, -0.2) is 0 Å². The molecular weight excluding hydrogens is 803 g/mol. The van der Waals surface area contributed by atoms with E-state index in [0.29, 0.717) is 0 Å². The molecule has 0 saturated carbocycles. The highest BCUT2D eigenvalue weighted by molar-refractivity contribution is 7.26. The van der Waals surface area contributed by atoms with Crippen molar-refractivity contribution in [1.82, 2.24) is 0 Å². The molecule has 0 amide bonds. The van der Waals surface area contributed by atoms with Gasteiger partial charge in [-0.05, 0) is 101 Å². The van der Waals surface area contributed by atoms with Crippen molar-refractivity contribution in [2.24, 2.45) is 0 Å². The Bertz CT molecular complexity index is 3800. The molecule has 12 aromatic rings. The summed E-state index contributed by atoms with van der Waals surface area (Å²) in [6.45, 7) is 4.77. The van der Waals surface area contributed by atoms with Crippen LogP contribution in [0, 0.1) is 0 Å². The van der Waals surface area contributed by atoms with Gasteiger partial charge in [0.1, 0.15) is 0 Å². The standard InChI is InChI=1S/C63H43NS/c1-63(2)56-24-12-10-20-50(56)51-36-35-45(39-57(51)63)64(58-25-14-23-55-52-21-11-13-26-59(52)65-62(55)58)61-46(37-38-54-49-19-7-6-17-47(49)48-18-8-9-22-53(48)60(54)61)44-33-31-43(32-34-44)42-29-27-41(28-30-42)40-15-4-3-5-16-40/h3-39H,1-2H3. The first-order valence-corrected chi connectivity index (χ1v) is 23.4. The van der Waals surface area contributed by atoms with Crippen LogP contribution in [0.2, 0.25) is 0 Å². The molecule has 0 atom stereocenters. The van der Waals surface area contributed by atoms with Gasteiger partial charge in [0.25, 0.3) is 0 Å². The second-order valence-corrected chi connectivity index (χ2v) is 19.0. The molecule has 1 heterocycles. The maximum atomic E-state index is 2.62. The second-order valence-electron chi connectivity index (χ2n) is 18.0. The highest BCUT2D eigenvalue weighted by Gasteiger charge is 2.36. The summed E-state index contributed by atoms with van der Waals surface area (Å²) in [7, 11) is 0. The van der Waals surface area contributed by atoms with E-state index in [4.69, 9.17) is 0 Å². The van der Waals surface area contributed by atoms with Gasteiger partial charge in [-0.1, -0.05) is 214 Å². The number of hydrogen-bond donors (Lipinski definition) is 0. The Kier molecular flexibility index (Phi) is 8.50. The molecule has 306 valence electrons. The molecule has 0 unspecified atom stereocenters. The van der Waals surface area contributed by atoms with E-state index in [1.165, 1.54) is 119 Å². The van der Waals surface area contributed by atoms with Crippen molar-refractivity contribution in [3.8, 4) is 44.5 Å². The number of benzene rings is 11. The normalized spacial score (nSPS) is 12.9. The molecule has 0 N–H and O–H groups in total. The van der Waals surface area contributed by atoms with E-state index in [2.05, 4.69) is 243 Å². The van der Waals surface area contributed by atoms with Crippen LogP contribution in [0.1, 0.15) is 25.0 Å². The minimum absolute atomic E-state index is 0.170. The van der Waals surface area contributed by atoms with Crippen LogP contribution in [-0.4, -0.2) is 0 Å². The summed E-state index contributed by atoms with van der Waals surface area (Å²) in [6.07, 6.45) is 0. The van der Waals surface area contributed by atoms with E-state index in [-0.39, 0.29) is 5.41 Å². The Balaban J connectivity index is 1.11. The van der Waals surface area contributed by atoms with E-state index in [1.54, 1.807) is 0 Å². The Morgan fingerprint density at radius 1 is 0.354 bits per heavy atom. The molecule has 13 rings (SSSR count). The Labute approximate surface area is 383 Å². The second kappa shape index (κ2) is 14.6. The lowest BCUT2D eigenvalue weighted by molar-refractivity contribution is 0.660. The van der Waals surface area contributed by atoms with Crippen LogP contribution in [-0.2, 0) is 5.41 Å². The molecule has 0 radical (unpaired) electrons. The average molecular weight is 846 g/mol. The molecule has 0 saturated heterocycles. The van der Waals surface area contributed by atoms with Crippen molar-refractivity contribution >= 4 is 80.9 Å². The van der Waals surface area contributed by atoms with Gasteiger partial charge in [0.05, 0.1) is 16.1 Å². The van der Waals surface area contributed by atoms with Gasteiger partial charge in [0, 0.05) is 37.5 Å². The third-order valence-electron chi connectivity index (χ3n) is 14.1. The van der Waals surface area contributed by atoms with E-state index < -0.39 is 0 Å². The fraction of sp³-hybridized carbons (Fsp3) is 0.0476. The van der Waals surface area contributed by atoms with E-state index in [9.17, 15) is 0 Å². The SMILES string of the molecule is CC1(C)c2ccccc2-c2ccc(N(c3cccc4c3sc3ccccc34)c3c(-c4ccc(-c5ccc(-c6ccccc6)cc5)cc4)ccc4c5ccccc5c5ccccc5c34)cc21. The largest absolute Gasteiger partial charge is 0.308 e. The number of thiophene rings is 1. The number of rotatable bonds is 6. The van der Waals surface area contributed by atoms with Gasteiger partial charge in [-0.2, -0.15) is 0 Å². The van der Waals surface area contributed by atoms with Crippen molar-refractivity contribution in [1.29, 1.82) is 0 Å². The lowest BCUT2D eigenvalue weighted by atomic mass is 9.82. The lowest BCUT2D eigenvalue weighted by Crippen LogP contribution is -2.17. The number of anilines is 3. The molecule has 1 nitrogen and oxygen atoms in total. The summed E-state index contributed by atoms with van der Waals surface area (Å²) in [6, 6.07) is 83.5. The van der Waals surface area contributed by atoms with E-state index in [1.807, 2.05) is 11.3 Å². The van der Waals surface area contributed by atoms with Crippen LogP contribution >= 0.6 is 11.3 Å². The van der Waals surface area contributed by atoms with Crippen LogP contribution in [0.25, 0.3) is 97.0 Å². The van der Waals surface area contributed by atoms with Crippen molar-refractivity contribution in [2.45, 2.75) is 19.3 Å². The quantitative estimate of drug-likeness (QED) is 0.151. The summed E-state index contributed by atoms with van der Waals surface area (Å²) in [4.78, 5) is 2.62. The topological polar surface area (TPSA) is 3.24 Å². The Hall–Kier alpha value is -7.78. The zero-order valence-electron chi connectivity index (χ0n) is 36.2. The van der Waals surface area contributed by atoms with Crippen LogP contribution in [0.5, 0.6) is 0 Å². The van der Waals surface area contributed by atoms with Gasteiger partial charge in [-0.15, -0.1) is 11.3 Å². The number of nitrogens with zero attached hydrogens (tertiary/aromatic N) is 1. The fourth-order valence-corrected chi connectivity index (χ4v) is 12.1. The first-order valence-electron chi connectivity index (χ1n) is 22.6. The molecular formula is C63H43NS. The van der Waals surface area contributed by atoms with Crippen LogP contribution in [0.3, 0.4) is 0 Å². The fourth-order valence-electron chi connectivity index (χ4n) is 10.9. The molecule has 1 aromatic heterocycles. The van der Waals surface area contributed by atoms with Gasteiger partial charge in [0.2, 0.25) is 0 Å². The van der Waals surface area contributed by atoms with Crippen LogP contribution < -0.4 is 4.90 Å². The van der Waals surface area contributed by atoms with Gasteiger partial charge in [0.15, 0.2) is 0 Å². The minimum atomic E-state index is -0.170. The number of hydrogen-bond acceptors (Lipinski definition) is 2. The highest BCUT2D eigenvalue weighted by atomic mass is 32.1. The molecule has 0 bridgehead atoms. The third-order valence-corrected chi connectivity index (χ3v) is 15.3. The molecule has 1 aliphatic carbocycles. The van der Waals surface area contributed by atoms with Gasteiger partial charge in [-0.3, -0.25) is 0 Å². The molecule has 2 heteroatoms. The summed E-state index contributed by atoms with van der Waals surface area (Å²) >= 11 is 1.89. The van der Waals surface area contributed by atoms with Crippen molar-refractivity contribution in [2.75, 3.05) is 4.90 Å². The van der Waals surface area contributed by atoms with Crippen LogP contribution in [0.15, 0.2) is 224 Å². The Morgan fingerprint density at radius 2 is 0.862 bits per heavy atom. The molecule has 0 spiro atoms. The summed E-state index contributed by atoms with van der Waals surface area (Å²) in [5, 5.41) is 10.1. The van der Waals surface area contributed by atoms with Crippen molar-refractivity contribution in [3.05, 3.63) is 236 Å². The maximum Gasteiger partial charge on any atom is 0.0640 e. The molecule has 11 aromatic carbocycles. The molecule has 0 fully saturated rings. The highest BCUT2D eigenvalue weighted by Crippen LogP contribution is 2.55. The summed E-state index contributed by atoms with van der Waals surface area (Å²) in [5.74, 6) is 0. The van der Waals surface area contributed by atoms with Gasteiger partial charge < -0.3 is 4.90 Å². The first kappa shape index (κ1) is 37.7. The summed E-state index contributed by atoms with van der Waals surface area (Å²) < 4.78 is 2.57. The van der Waals surface area contributed by atoms with Crippen molar-refractivity contribution < 1.29 is 0 Å². The Morgan fingerprint density at radius 3 is 1.57 bits per heavy atom. The maximum absolute atomic E-state index is 2.62. The number of fused-ring (bicyclic) bond motifs is 12. The zero-order chi connectivity index (χ0) is 43.2. The first-order chi connectivity index (χ1) is 32.0. The van der Waals surface area contributed by atoms with E-state index in [0.717, 1.165) is 5.69 Å². The van der Waals surface area contributed by atoms with Crippen molar-refractivity contribution in [3.63, 3.8) is 0 Å². The van der Waals surface area contributed by atoms with E-state index >= 15 is 0 Å². The molecule has 0 aliphatic heterocycles. The lowest BCUT2D eigenvalue weighted by Gasteiger charge is -2.32. The van der Waals surface area contributed by atoms with Crippen LogP contribution in [0.4, 0.5) is 17.1 Å². The molecule has 65 heavy (non-hydrogen) atoms. The smallest absolute Gasteiger partial charge is 0.0640 e. The molecule has 1 aliphatic rings. The summed E-state index contributed by atoms with van der Waals surface area (Å²) in [5.41, 5.74) is 15.9. The van der Waals surface area contributed by atoms with Gasteiger partial charge >= 0.3 is 0 Å².